The van der Waals surface area contributed by atoms with Crippen molar-refractivity contribution in [3.05, 3.63) is 29.8 Å². The summed E-state index contributed by atoms with van der Waals surface area (Å²) < 4.78 is 0. The lowest BCUT2D eigenvalue weighted by molar-refractivity contribution is 0.552. The average molecular weight is 216 g/mol. The molecule has 0 bridgehead atoms. The van der Waals surface area contributed by atoms with Crippen LogP contribution < -0.4 is 0 Å². The zero-order chi connectivity index (χ0) is 11.8. The summed E-state index contributed by atoms with van der Waals surface area (Å²) in [4.78, 5) is 27.5. The number of isocyanates is 2. The molecule has 16 heavy (non-hydrogen) atoms. The molecule has 1 aromatic carbocycles. The molecule has 0 amide bonds. The molecule has 0 aliphatic carbocycles. The van der Waals surface area contributed by atoms with Gasteiger partial charge in [-0.05, 0) is 24.1 Å². The van der Waals surface area contributed by atoms with E-state index in [4.69, 9.17) is 0 Å². The van der Waals surface area contributed by atoms with Gasteiger partial charge in [-0.2, -0.15) is 9.98 Å². The Kier molecular flexibility index (Phi) is 4.87. The molecule has 1 rings (SSSR count). The Bertz CT molecular complexity index is 427. The van der Waals surface area contributed by atoms with Crippen molar-refractivity contribution < 1.29 is 9.59 Å². The second kappa shape index (κ2) is 6.46. The first kappa shape index (κ1) is 12.1. The predicted octanol–water partition coefficient (Wildman–Crippen LogP) is 2.83. The lowest BCUT2D eigenvalue weighted by Gasteiger charge is -2.09. The second-order valence-corrected chi connectivity index (χ2v) is 3.32. The molecule has 0 radical (unpaired) electrons. The average Bonchev–Trinajstić information content (AvgIpc) is 2.30. The van der Waals surface area contributed by atoms with Gasteiger partial charge in [0.25, 0.3) is 0 Å². The summed E-state index contributed by atoms with van der Waals surface area (Å²) in [6, 6.07) is 6.85. The first-order valence-electron chi connectivity index (χ1n) is 5.06. The molecular weight excluding hydrogens is 204 g/mol. The minimum absolute atomic E-state index is 0.156. The van der Waals surface area contributed by atoms with E-state index in [1.165, 1.54) is 6.08 Å². The molecule has 0 spiro atoms. The zero-order valence-electron chi connectivity index (χ0n) is 9.01. The van der Waals surface area contributed by atoms with E-state index in [0.29, 0.717) is 5.69 Å². The summed E-state index contributed by atoms with van der Waals surface area (Å²) in [7, 11) is 0. The summed E-state index contributed by atoms with van der Waals surface area (Å²) in [5.41, 5.74) is 1.47. The van der Waals surface area contributed by atoms with Crippen molar-refractivity contribution in [3.63, 3.8) is 0 Å². The van der Waals surface area contributed by atoms with Crippen LogP contribution in [-0.2, 0) is 9.59 Å². The largest absolute Gasteiger partial charge is 0.240 e. The van der Waals surface area contributed by atoms with Crippen molar-refractivity contribution in [3.8, 4) is 0 Å². The zero-order valence-corrected chi connectivity index (χ0v) is 9.01. The maximum atomic E-state index is 10.3. The van der Waals surface area contributed by atoms with E-state index in [9.17, 15) is 9.59 Å². The first-order chi connectivity index (χ1) is 7.81. The molecular formula is C12H12N2O2. The van der Waals surface area contributed by atoms with Gasteiger partial charge in [0.05, 0.1) is 11.7 Å². The van der Waals surface area contributed by atoms with E-state index in [0.717, 1.165) is 18.4 Å². The fourth-order valence-corrected chi connectivity index (χ4v) is 1.47. The van der Waals surface area contributed by atoms with Crippen LogP contribution in [-0.4, -0.2) is 12.2 Å². The predicted molar refractivity (Wildman–Crippen MR) is 60.0 cm³/mol. The van der Waals surface area contributed by atoms with Crippen LogP contribution in [0.4, 0.5) is 5.69 Å². The molecule has 0 aromatic heterocycles. The Balaban J connectivity index is 2.92. The SMILES string of the molecule is CCCC(N=C=O)c1ccc(N=C=O)cc1. The van der Waals surface area contributed by atoms with Crippen molar-refractivity contribution in [1.82, 2.24) is 0 Å². The minimum atomic E-state index is -0.156. The molecule has 0 fully saturated rings. The molecule has 1 aromatic rings. The number of rotatable bonds is 5. The maximum Gasteiger partial charge on any atom is 0.240 e. The number of aliphatic imine (C=N–C) groups is 2. The molecule has 0 aliphatic heterocycles. The van der Waals surface area contributed by atoms with Gasteiger partial charge in [-0.3, -0.25) is 0 Å². The van der Waals surface area contributed by atoms with E-state index in [2.05, 4.69) is 9.98 Å². The highest BCUT2D eigenvalue weighted by Crippen LogP contribution is 2.24. The van der Waals surface area contributed by atoms with Crippen molar-refractivity contribution >= 4 is 17.8 Å². The van der Waals surface area contributed by atoms with Gasteiger partial charge in [0.2, 0.25) is 12.2 Å². The van der Waals surface area contributed by atoms with Gasteiger partial charge in [-0.25, -0.2) is 9.59 Å². The standard InChI is InChI=1S/C12H12N2O2/c1-2-3-12(14-9-16)10-4-6-11(7-5-10)13-8-15/h4-7,12H,2-3H2,1H3. The Morgan fingerprint density at radius 3 is 2.38 bits per heavy atom. The lowest BCUT2D eigenvalue weighted by Crippen LogP contribution is -1.94. The first-order valence-corrected chi connectivity index (χ1v) is 5.06. The van der Waals surface area contributed by atoms with Crippen LogP contribution in [0.25, 0.3) is 0 Å². The highest BCUT2D eigenvalue weighted by Gasteiger charge is 2.08. The quantitative estimate of drug-likeness (QED) is 0.561. The van der Waals surface area contributed by atoms with E-state index in [1.54, 1.807) is 30.3 Å². The topological polar surface area (TPSA) is 58.9 Å². The molecule has 0 aliphatic rings. The third kappa shape index (κ3) is 3.28. The van der Waals surface area contributed by atoms with Crippen LogP contribution in [0.3, 0.4) is 0 Å². The van der Waals surface area contributed by atoms with Crippen molar-refractivity contribution in [2.45, 2.75) is 25.8 Å². The molecule has 0 saturated heterocycles. The second-order valence-electron chi connectivity index (χ2n) is 3.32. The fourth-order valence-electron chi connectivity index (χ4n) is 1.47. The molecule has 4 nitrogen and oxygen atoms in total. The third-order valence-corrected chi connectivity index (χ3v) is 2.22. The Hall–Kier alpha value is -2.02. The van der Waals surface area contributed by atoms with Crippen LogP contribution in [0.15, 0.2) is 34.3 Å². The Morgan fingerprint density at radius 1 is 1.19 bits per heavy atom. The normalized spacial score (nSPS) is 11.1. The highest BCUT2D eigenvalue weighted by atomic mass is 16.1. The van der Waals surface area contributed by atoms with Crippen LogP contribution in [0.2, 0.25) is 0 Å². The van der Waals surface area contributed by atoms with Crippen LogP contribution in [0.1, 0.15) is 31.4 Å². The third-order valence-electron chi connectivity index (χ3n) is 2.22. The minimum Gasteiger partial charge on any atom is -0.211 e. The molecule has 82 valence electrons. The van der Waals surface area contributed by atoms with Gasteiger partial charge in [0.15, 0.2) is 0 Å². The highest BCUT2D eigenvalue weighted by molar-refractivity contribution is 5.49. The number of hydrogen-bond donors (Lipinski definition) is 0. The summed E-state index contributed by atoms with van der Waals surface area (Å²) in [6.45, 7) is 2.03. The molecule has 0 heterocycles. The molecule has 1 unspecified atom stereocenters. The summed E-state index contributed by atoms with van der Waals surface area (Å²) in [5.74, 6) is 0. The van der Waals surface area contributed by atoms with E-state index < -0.39 is 0 Å². The summed E-state index contributed by atoms with van der Waals surface area (Å²) in [6.07, 6.45) is 4.78. The van der Waals surface area contributed by atoms with Crippen molar-refractivity contribution in [2.75, 3.05) is 0 Å². The molecule has 0 N–H and O–H groups in total. The molecule has 1 atom stereocenters. The Labute approximate surface area is 93.7 Å². The van der Waals surface area contributed by atoms with Crippen LogP contribution in [0.5, 0.6) is 0 Å². The summed E-state index contributed by atoms with van der Waals surface area (Å²) in [5, 5.41) is 0. The molecule has 0 saturated carbocycles. The van der Waals surface area contributed by atoms with Gasteiger partial charge in [0, 0.05) is 0 Å². The fraction of sp³-hybridized carbons (Fsp3) is 0.333. The summed E-state index contributed by atoms with van der Waals surface area (Å²) >= 11 is 0. The van der Waals surface area contributed by atoms with Crippen LogP contribution >= 0.6 is 0 Å². The van der Waals surface area contributed by atoms with E-state index >= 15 is 0 Å². The van der Waals surface area contributed by atoms with E-state index in [-0.39, 0.29) is 6.04 Å². The van der Waals surface area contributed by atoms with Gasteiger partial charge < -0.3 is 0 Å². The van der Waals surface area contributed by atoms with Crippen molar-refractivity contribution in [1.29, 1.82) is 0 Å². The number of hydrogen-bond acceptors (Lipinski definition) is 4. The van der Waals surface area contributed by atoms with Crippen molar-refractivity contribution in [2.24, 2.45) is 9.98 Å². The van der Waals surface area contributed by atoms with Gasteiger partial charge in [-0.1, -0.05) is 25.5 Å². The lowest BCUT2D eigenvalue weighted by atomic mass is 10.0. The van der Waals surface area contributed by atoms with Gasteiger partial charge >= 0.3 is 0 Å². The monoisotopic (exact) mass is 216 g/mol. The molecule has 4 heteroatoms. The maximum absolute atomic E-state index is 10.3. The smallest absolute Gasteiger partial charge is 0.211 e. The van der Waals surface area contributed by atoms with Crippen LogP contribution in [0, 0.1) is 0 Å². The number of benzene rings is 1. The number of carbonyl (C=O) groups excluding carboxylic acids is 2. The Morgan fingerprint density at radius 2 is 1.88 bits per heavy atom. The van der Waals surface area contributed by atoms with E-state index in [1.807, 2.05) is 6.92 Å². The van der Waals surface area contributed by atoms with Gasteiger partial charge in [0.1, 0.15) is 0 Å². The van der Waals surface area contributed by atoms with Gasteiger partial charge in [-0.15, -0.1) is 0 Å². The number of nitrogens with zero attached hydrogens (tertiary/aromatic N) is 2.